The Bertz CT molecular complexity index is 264. The molecule has 2 atom stereocenters. The van der Waals surface area contributed by atoms with Gasteiger partial charge in [-0.3, -0.25) is 0 Å². The molecule has 2 heterocycles. The van der Waals surface area contributed by atoms with Crippen molar-refractivity contribution in [1.82, 2.24) is 0 Å². The Balaban J connectivity index is 2.23. The van der Waals surface area contributed by atoms with Crippen molar-refractivity contribution in [2.75, 3.05) is 0 Å². The summed E-state index contributed by atoms with van der Waals surface area (Å²) in [5.41, 5.74) is 2.69. The van der Waals surface area contributed by atoms with Crippen molar-refractivity contribution in [1.29, 1.82) is 0 Å². The van der Waals surface area contributed by atoms with E-state index in [4.69, 9.17) is 4.74 Å². The van der Waals surface area contributed by atoms with Crippen LogP contribution in [0.5, 0.6) is 0 Å². The summed E-state index contributed by atoms with van der Waals surface area (Å²) in [7, 11) is 0. The van der Waals surface area contributed by atoms with E-state index < -0.39 is 0 Å². The molecular weight excluding hydrogens is 136 g/mol. The van der Waals surface area contributed by atoms with Crippen LogP contribution in [0.15, 0.2) is 18.2 Å². The van der Waals surface area contributed by atoms with E-state index in [1.165, 1.54) is 24.0 Å². The highest BCUT2D eigenvalue weighted by atomic mass is 16.5. The third-order valence-electron chi connectivity index (χ3n) is 2.61. The molecule has 1 heteroatoms. The fourth-order valence-corrected chi connectivity index (χ4v) is 2.10. The molecule has 2 bridgehead atoms. The first-order valence-corrected chi connectivity index (χ1v) is 4.11. The van der Waals surface area contributed by atoms with Gasteiger partial charge in [-0.1, -0.05) is 18.2 Å². The molecule has 0 saturated carbocycles. The second-order valence-electron chi connectivity index (χ2n) is 3.23. The smallest absolute Gasteiger partial charge is 0.0844 e. The molecular formula is C10H9O. The van der Waals surface area contributed by atoms with Crippen molar-refractivity contribution in [3.63, 3.8) is 0 Å². The van der Waals surface area contributed by atoms with E-state index >= 15 is 0 Å². The Hall–Kier alpha value is -0.820. The van der Waals surface area contributed by atoms with E-state index in [2.05, 4.69) is 12.1 Å². The van der Waals surface area contributed by atoms with Crippen LogP contribution in [-0.2, 0) is 4.74 Å². The Morgan fingerprint density at radius 1 is 1.36 bits per heavy atom. The molecule has 0 spiro atoms. The van der Waals surface area contributed by atoms with Crippen molar-refractivity contribution in [2.24, 2.45) is 0 Å². The second-order valence-corrected chi connectivity index (χ2v) is 3.23. The van der Waals surface area contributed by atoms with Gasteiger partial charge >= 0.3 is 0 Å². The zero-order chi connectivity index (χ0) is 7.26. The molecule has 55 valence electrons. The van der Waals surface area contributed by atoms with Gasteiger partial charge in [-0.25, -0.2) is 0 Å². The standard InChI is InChI=1S/C10H9O/c1-2-4-8-7(3-1)9-5-6-10(8)11-9/h1-3,9-10H,5-6H2. The van der Waals surface area contributed by atoms with Crippen molar-refractivity contribution in [3.05, 3.63) is 35.4 Å². The van der Waals surface area contributed by atoms with E-state index in [1.807, 2.05) is 12.1 Å². The molecule has 0 aromatic heterocycles. The lowest BCUT2D eigenvalue weighted by Crippen LogP contribution is -1.96. The average Bonchev–Trinajstić information content (AvgIpc) is 2.64. The Labute approximate surface area is 66.0 Å². The first-order valence-electron chi connectivity index (χ1n) is 4.11. The van der Waals surface area contributed by atoms with Crippen LogP contribution >= 0.6 is 0 Å². The fraction of sp³-hybridized carbons (Fsp3) is 0.400. The van der Waals surface area contributed by atoms with E-state index in [0.29, 0.717) is 12.2 Å². The third-order valence-corrected chi connectivity index (χ3v) is 2.61. The van der Waals surface area contributed by atoms with Crippen LogP contribution in [0.25, 0.3) is 0 Å². The molecule has 1 radical (unpaired) electrons. The number of hydrogen-bond donors (Lipinski definition) is 0. The normalized spacial score (nSPS) is 32.4. The number of hydrogen-bond acceptors (Lipinski definition) is 1. The maximum Gasteiger partial charge on any atom is 0.0844 e. The lowest BCUT2D eigenvalue weighted by Gasteiger charge is -2.08. The maximum atomic E-state index is 5.71. The van der Waals surface area contributed by atoms with Gasteiger partial charge in [0.25, 0.3) is 0 Å². The minimum absolute atomic E-state index is 0.371. The van der Waals surface area contributed by atoms with Crippen molar-refractivity contribution in [3.8, 4) is 0 Å². The summed E-state index contributed by atoms with van der Waals surface area (Å²) in [5.74, 6) is 0. The summed E-state index contributed by atoms with van der Waals surface area (Å²) in [6.45, 7) is 0. The topological polar surface area (TPSA) is 9.23 Å². The van der Waals surface area contributed by atoms with Crippen LogP contribution in [-0.4, -0.2) is 0 Å². The van der Waals surface area contributed by atoms with E-state index in [-0.39, 0.29) is 0 Å². The highest BCUT2D eigenvalue weighted by Crippen LogP contribution is 2.49. The molecule has 1 aromatic rings. The monoisotopic (exact) mass is 145 g/mol. The van der Waals surface area contributed by atoms with Gasteiger partial charge in [-0.15, -0.1) is 0 Å². The Kier molecular flexibility index (Phi) is 0.977. The predicted octanol–water partition coefficient (Wildman–Crippen LogP) is 2.39. The lowest BCUT2D eigenvalue weighted by atomic mass is 9.92. The molecule has 1 nitrogen and oxygen atoms in total. The zero-order valence-electron chi connectivity index (χ0n) is 6.21. The molecule has 0 amide bonds. The van der Waals surface area contributed by atoms with Crippen molar-refractivity contribution < 1.29 is 4.74 Å². The molecule has 11 heavy (non-hydrogen) atoms. The lowest BCUT2D eigenvalue weighted by molar-refractivity contribution is 0.0716. The average molecular weight is 145 g/mol. The van der Waals surface area contributed by atoms with Gasteiger partial charge in [0.05, 0.1) is 12.2 Å². The summed E-state index contributed by atoms with van der Waals surface area (Å²) in [6.07, 6.45) is 3.16. The van der Waals surface area contributed by atoms with Crippen LogP contribution in [0.1, 0.15) is 36.2 Å². The highest BCUT2D eigenvalue weighted by Gasteiger charge is 2.37. The van der Waals surface area contributed by atoms with Gasteiger partial charge in [0.15, 0.2) is 0 Å². The Morgan fingerprint density at radius 2 is 2.27 bits per heavy atom. The van der Waals surface area contributed by atoms with Crippen molar-refractivity contribution in [2.45, 2.75) is 25.0 Å². The highest BCUT2D eigenvalue weighted by molar-refractivity contribution is 5.35. The molecule has 2 unspecified atom stereocenters. The minimum Gasteiger partial charge on any atom is -0.366 e. The van der Waals surface area contributed by atoms with E-state index in [1.54, 1.807) is 0 Å². The first kappa shape index (κ1) is 5.78. The van der Waals surface area contributed by atoms with E-state index in [9.17, 15) is 0 Å². The van der Waals surface area contributed by atoms with E-state index in [0.717, 1.165) is 0 Å². The van der Waals surface area contributed by atoms with Gasteiger partial charge in [0.1, 0.15) is 0 Å². The van der Waals surface area contributed by atoms with Gasteiger partial charge in [0.2, 0.25) is 0 Å². The molecule has 1 fully saturated rings. The minimum atomic E-state index is 0.371. The Morgan fingerprint density at radius 3 is 3.18 bits per heavy atom. The summed E-state index contributed by atoms with van der Waals surface area (Å²) in [5, 5.41) is 0. The molecule has 2 aliphatic heterocycles. The third kappa shape index (κ3) is 0.641. The molecule has 0 aliphatic carbocycles. The molecule has 0 N–H and O–H groups in total. The van der Waals surface area contributed by atoms with Crippen LogP contribution in [0.3, 0.4) is 0 Å². The molecule has 3 rings (SSSR count). The molecule has 2 aliphatic rings. The first-order chi connectivity index (χ1) is 5.45. The quantitative estimate of drug-likeness (QED) is 0.544. The summed E-state index contributed by atoms with van der Waals surface area (Å²) < 4.78 is 5.71. The molecule has 1 aromatic carbocycles. The SMILES string of the molecule is [c]1cccc2c1C1CCC2O1. The number of ether oxygens (including phenoxy) is 1. The van der Waals surface area contributed by atoms with Gasteiger partial charge in [-0.2, -0.15) is 0 Å². The summed E-state index contributed by atoms with van der Waals surface area (Å²) in [4.78, 5) is 0. The van der Waals surface area contributed by atoms with Crippen LogP contribution in [0, 0.1) is 6.07 Å². The van der Waals surface area contributed by atoms with Gasteiger partial charge in [0, 0.05) is 0 Å². The summed E-state index contributed by atoms with van der Waals surface area (Å²) >= 11 is 0. The van der Waals surface area contributed by atoms with Crippen LogP contribution in [0.4, 0.5) is 0 Å². The van der Waals surface area contributed by atoms with Crippen molar-refractivity contribution >= 4 is 0 Å². The largest absolute Gasteiger partial charge is 0.366 e. The fourth-order valence-electron chi connectivity index (χ4n) is 2.10. The van der Waals surface area contributed by atoms with Gasteiger partial charge < -0.3 is 4.74 Å². The number of benzene rings is 1. The van der Waals surface area contributed by atoms with Crippen LogP contribution < -0.4 is 0 Å². The predicted molar refractivity (Wildman–Crippen MR) is 41.1 cm³/mol. The second kappa shape index (κ2) is 1.86. The maximum absolute atomic E-state index is 5.71. The molecule has 1 saturated heterocycles. The van der Waals surface area contributed by atoms with Crippen LogP contribution in [0.2, 0.25) is 0 Å². The zero-order valence-corrected chi connectivity index (χ0v) is 6.21. The number of fused-ring (bicyclic) bond motifs is 5. The van der Waals surface area contributed by atoms with Gasteiger partial charge in [-0.05, 0) is 30.0 Å². The summed E-state index contributed by atoms with van der Waals surface area (Å²) in [6, 6.07) is 9.44. The number of rotatable bonds is 0.